The number of rotatable bonds is 1. The van der Waals surface area contributed by atoms with Crippen LogP contribution in [0.1, 0.15) is 50.7 Å². The Morgan fingerprint density at radius 3 is 2.53 bits per heavy atom. The first-order valence-corrected chi connectivity index (χ1v) is 7.36. The molecule has 1 fully saturated rings. The van der Waals surface area contributed by atoms with E-state index in [9.17, 15) is 4.39 Å². The summed E-state index contributed by atoms with van der Waals surface area (Å²) in [6, 6.07) is 5.27. The lowest BCUT2D eigenvalue weighted by molar-refractivity contribution is -0.0605. The molecule has 0 unspecified atom stereocenters. The second kappa shape index (κ2) is 6.49. The van der Waals surface area contributed by atoms with Gasteiger partial charge in [-0.2, -0.15) is 0 Å². The molecule has 0 aliphatic carbocycles. The number of piperidine rings is 1. The van der Waals surface area contributed by atoms with Crippen LogP contribution in [0, 0.1) is 5.82 Å². The molecular weight excluding hydrogens is 241 g/mol. The lowest BCUT2D eigenvalue weighted by Crippen LogP contribution is -2.40. The fraction of sp³-hybridized carbons (Fsp3) is 0.625. The van der Waals surface area contributed by atoms with Gasteiger partial charge in [-0.05, 0) is 37.6 Å². The summed E-state index contributed by atoms with van der Waals surface area (Å²) in [6.45, 7) is 6.74. The van der Waals surface area contributed by atoms with Gasteiger partial charge < -0.3 is 10.1 Å². The van der Waals surface area contributed by atoms with E-state index >= 15 is 0 Å². The molecule has 0 aromatic heterocycles. The topological polar surface area (TPSA) is 21.3 Å². The Morgan fingerprint density at radius 2 is 1.89 bits per heavy atom. The van der Waals surface area contributed by atoms with Crippen molar-refractivity contribution in [1.29, 1.82) is 0 Å². The van der Waals surface area contributed by atoms with Gasteiger partial charge in [-0.1, -0.05) is 38.8 Å². The molecule has 1 N–H and O–H groups in total. The lowest BCUT2D eigenvalue weighted by Gasteiger charge is -2.34. The van der Waals surface area contributed by atoms with Crippen LogP contribution >= 0.6 is 0 Å². The molecule has 0 bridgehead atoms. The SMILES string of the molecule is CCCC.Fc1cccc2c1C1(CCNCC1)OC2. The number of hydrogen-bond acceptors (Lipinski definition) is 2. The van der Waals surface area contributed by atoms with Crippen molar-refractivity contribution in [2.75, 3.05) is 13.1 Å². The van der Waals surface area contributed by atoms with Gasteiger partial charge in [-0.15, -0.1) is 0 Å². The molecule has 2 aliphatic rings. The normalized spacial score (nSPS) is 19.7. The maximum Gasteiger partial charge on any atom is 0.129 e. The van der Waals surface area contributed by atoms with E-state index < -0.39 is 0 Å². The Morgan fingerprint density at radius 1 is 1.21 bits per heavy atom. The summed E-state index contributed by atoms with van der Waals surface area (Å²) >= 11 is 0. The third kappa shape index (κ3) is 2.98. The van der Waals surface area contributed by atoms with Crippen LogP contribution in [0.15, 0.2) is 18.2 Å². The molecule has 1 aromatic rings. The molecular formula is C16H24FNO. The van der Waals surface area contributed by atoms with Gasteiger partial charge in [0, 0.05) is 5.56 Å². The van der Waals surface area contributed by atoms with Crippen molar-refractivity contribution >= 4 is 0 Å². The van der Waals surface area contributed by atoms with E-state index in [4.69, 9.17) is 4.74 Å². The maximum absolute atomic E-state index is 13.8. The fourth-order valence-electron chi connectivity index (χ4n) is 2.71. The van der Waals surface area contributed by atoms with Crippen LogP contribution in [0.4, 0.5) is 4.39 Å². The quantitative estimate of drug-likeness (QED) is 0.835. The lowest BCUT2D eigenvalue weighted by atomic mass is 9.84. The molecule has 1 aromatic carbocycles. The van der Waals surface area contributed by atoms with Crippen molar-refractivity contribution in [1.82, 2.24) is 5.32 Å². The van der Waals surface area contributed by atoms with Crippen molar-refractivity contribution in [3.05, 3.63) is 35.1 Å². The summed E-state index contributed by atoms with van der Waals surface area (Å²) in [5.41, 5.74) is 1.50. The number of unbranched alkanes of at least 4 members (excludes halogenated alkanes) is 1. The predicted octanol–water partition coefficient (Wildman–Crippen LogP) is 3.74. The van der Waals surface area contributed by atoms with Crippen molar-refractivity contribution in [2.45, 2.75) is 51.7 Å². The van der Waals surface area contributed by atoms with Crippen LogP contribution in [0.2, 0.25) is 0 Å². The Kier molecular flexibility index (Phi) is 4.94. The zero-order valence-electron chi connectivity index (χ0n) is 12.0. The van der Waals surface area contributed by atoms with Crippen molar-refractivity contribution < 1.29 is 9.13 Å². The second-order valence-corrected chi connectivity index (χ2v) is 5.31. The molecule has 19 heavy (non-hydrogen) atoms. The zero-order valence-corrected chi connectivity index (χ0v) is 12.0. The fourth-order valence-corrected chi connectivity index (χ4v) is 2.71. The summed E-state index contributed by atoms with van der Waals surface area (Å²) in [4.78, 5) is 0. The standard InChI is InChI=1S/C12H14FNO.C4H10/c13-10-3-1-2-9-8-15-12(11(9)10)4-6-14-7-5-12;1-3-4-2/h1-3,14H,4-8H2;3-4H2,1-2H3. The van der Waals surface area contributed by atoms with E-state index in [-0.39, 0.29) is 11.4 Å². The maximum atomic E-state index is 13.8. The Balaban J connectivity index is 0.000000297. The number of benzene rings is 1. The molecule has 106 valence electrons. The predicted molar refractivity (Wildman–Crippen MR) is 75.6 cm³/mol. The first-order valence-electron chi connectivity index (χ1n) is 7.36. The smallest absolute Gasteiger partial charge is 0.129 e. The summed E-state index contributed by atoms with van der Waals surface area (Å²) in [5, 5.41) is 3.28. The van der Waals surface area contributed by atoms with Crippen LogP contribution < -0.4 is 5.32 Å². The second-order valence-electron chi connectivity index (χ2n) is 5.31. The highest BCUT2D eigenvalue weighted by Gasteiger charge is 2.42. The van der Waals surface area contributed by atoms with Gasteiger partial charge >= 0.3 is 0 Å². The molecule has 3 rings (SSSR count). The van der Waals surface area contributed by atoms with Crippen LogP contribution in [-0.4, -0.2) is 13.1 Å². The molecule has 0 saturated carbocycles. The van der Waals surface area contributed by atoms with E-state index in [1.165, 1.54) is 18.9 Å². The molecule has 1 spiro atoms. The van der Waals surface area contributed by atoms with Crippen LogP contribution in [0.25, 0.3) is 0 Å². The average Bonchev–Trinajstić information content (AvgIpc) is 2.80. The summed E-state index contributed by atoms with van der Waals surface area (Å²) in [5.74, 6) is -0.105. The van der Waals surface area contributed by atoms with Crippen LogP contribution in [0.3, 0.4) is 0 Å². The minimum Gasteiger partial charge on any atom is -0.365 e. The molecule has 0 atom stereocenters. The monoisotopic (exact) mass is 265 g/mol. The van der Waals surface area contributed by atoms with Crippen molar-refractivity contribution in [3.63, 3.8) is 0 Å². The first kappa shape index (κ1) is 14.5. The van der Waals surface area contributed by atoms with Crippen LogP contribution in [-0.2, 0) is 16.9 Å². The molecule has 1 saturated heterocycles. The van der Waals surface area contributed by atoms with E-state index in [2.05, 4.69) is 19.2 Å². The summed E-state index contributed by atoms with van der Waals surface area (Å²) < 4.78 is 19.7. The molecule has 2 heterocycles. The molecule has 2 aliphatic heterocycles. The molecule has 2 nitrogen and oxygen atoms in total. The van der Waals surface area contributed by atoms with E-state index in [1.54, 1.807) is 6.07 Å². The zero-order chi connectivity index (χ0) is 13.7. The molecule has 0 amide bonds. The first-order chi connectivity index (χ1) is 9.23. The van der Waals surface area contributed by atoms with Crippen LogP contribution in [0.5, 0.6) is 0 Å². The summed E-state index contributed by atoms with van der Waals surface area (Å²) in [7, 11) is 0. The minimum absolute atomic E-state index is 0.105. The van der Waals surface area contributed by atoms with E-state index in [1.807, 2.05) is 6.07 Å². The third-order valence-corrected chi connectivity index (χ3v) is 3.97. The third-order valence-electron chi connectivity index (χ3n) is 3.97. The Labute approximate surface area is 115 Å². The number of ether oxygens (including phenoxy) is 1. The summed E-state index contributed by atoms with van der Waals surface area (Å²) in [6.07, 6.45) is 4.39. The Bertz CT molecular complexity index is 406. The van der Waals surface area contributed by atoms with E-state index in [0.717, 1.165) is 37.1 Å². The van der Waals surface area contributed by atoms with Gasteiger partial charge in [0.2, 0.25) is 0 Å². The highest BCUT2D eigenvalue weighted by atomic mass is 19.1. The van der Waals surface area contributed by atoms with Gasteiger partial charge in [0.15, 0.2) is 0 Å². The molecule has 3 heteroatoms. The van der Waals surface area contributed by atoms with E-state index in [0.29, 0.717) is 6.61 Å². The number of nitrogens with one attached hydrogen (secondary N) is 1. The van der Waals surface area contributed by atoms with Crippen molar-refractivity contribution in [2.24, 2.45) is 0 Å². The van der Waals surface area contributed by atoms with Gasteiger partial charge in [-0.25, -0.2) is 4.39 Å². The number of halogens is 1. The average molecular weight is 265 g/mol. The van der Waals surface area contributed by atoms with Gasteiger partial charge in [0.1, 0.15) is 5.82 Å². The number of fused-ring (bicyclic) bond motifs is 2. The highest BCUT2D eigenvalue weighted by Crippen LogP contribution is 2.43. The van der Waals surface area contributed by atoms with Gasteiger partial charge in [0.05, 0.1) is 12.2 Å². The molecule has 0 radical (unpaired) electrons. The number of hydrogen-bond donors (Lipinski definition) is 1. The van der Waals surface area contributed by atoms with Crippen molar-refractivity contribution in [3.8, 4) is 0 Å². The minimum atomic E-state index is -0.341. The Hall–Kier alpha value is -0.930. The largest absolute Gasteiger partial charge is 0.365 e. The van der Waals surface area contributed by atoms with Gasteiger partial charge in [0.25, 0.3) is 0 Å². The van der Waals surface area contributed by atoms with Gasteiger partial charge in [-0.3, -0.25) is 0 Å². The highest BCUT2D eigenvalue weighted by molar-refractivity contribution is 5.37.